The molecular formula is C11H11F2IO3. The van der Waals surface area contributed by atoms with E-state index in [1.54, 1.807) is 0 Å². The second-order valence-corrected chi connectivity index (χ2v) is 4.45. The van der Waals surface area contributed by atoms with Crippen LogP contribution in [0.4, 0.5) is 8.78 Å². The van der Waals surface area contributed by atoms with E-state index in [0.29, 0.717) is 6.42 Å². The van der Waals surface area contributed by atoms with Crippen LogP contribution in [0, 0.1) is 15.2 Å². The van der Waals surface area contributed by atoms with Gasteiger partial charge in [-0.1, -0.05) is 13.3 Å². The van der Waals surface area contributed by atoms with Crippen LogP contribution in [0.5, 0.6) is 5.75 Å². The SMILES string of the molecule is CCCCOc1c(F)cc(C(=O)O)c(I)c1F. The first-order chi connectivity index (χ1) is 7.99. The van der Waals surface area contributed by atoms with E-state index in [0.717, 1.165) is 12.5 Å². The van der Waals surface area contributed by atoms with Crippen LogP contribution in [0.1, 0.15) is 30.1 Å². The Morgan fingerprint density at radius 1 is 1.53 bits per heavy atom. The van der Waals surface area contributed by atoms with Crippen molar-refractivity contribution in [2.45, 2.75) is 19.8 Å². The maximum Gasteiger partial charge on any atom is 0.336 e. The van der Waals surface area contributed by atoms with Gasteiger partial charge in [0.15, 0.2) is 17.4 Å². The molecule has 17 heavy (non-hydrogen) atoms. The normalized spacial score (nSPS) is 10.4. The van der Waals surface area contributed by atoms with E-state index < -0.39 is 28.9 Å². The van der Waals surface area contributed by atoms with E-state index in [1.807, 2.05) is 6.92 Å². The Bertz CT molecular complexity index is 435. The molecule has 0 aliphatic rings. The third-order valence-corrected chi connectivity index (χ3v) is 3.15. The van der Waals surface area contributed by atoms with E-state index in [1.165, 1.54) is 22.6 Å². The lowest BCUT2D eigenvalue weighted by atomic mass is 10.2. The molecule has 1 N–H and O–H groups in total. The lowest BCUT2D eigenvalue weighted by Crippen LogP contribution is -2.08. The van der Waals surface area contributed by atoms with Crippen LogP contribution in [-0.2, 0) is 0 Å². The Kier molecular flexibility index (Phi) is 5.10. The molecule has 0 aliphatic carbocycles. The minimum atomic E-state index is -1.37. The summed E-state index contributed by atoms with van der Waals surface area (Å²) in [5, 5.41) is 8.74. The molecule has 0 radical (unpaired) electrons. The average molecular weight is 356 g/mol. The van der Waals surface area contributed by atoms with Crippen molar-refractivity contribution < 1.29 is 23.4 Å². The molecule has 0 unspecified atom stereocenters. The molecule has 0 heterocycles. The molecule has 1 rings (SSSR count). The molecule has 0 saturated heterocycles. The predicted molar refractivity (Wildman–Crippen MR) is 66.4 cm³/mol. The number of ether oxygens (including phenoxy) is 1. The van der Waals surface area contributed by atoms with Gasteiger partial charge in [0.1, 0.15) is 0 Å². The van der Waals surface area contributed by atoms with E-state index in [2.05, 4.69) is 0 Å². The summed E-state index contributed by atoms with van der Waals surface area (Å²) in [5.41, 5.74) is -0.400. The lowest BCUT2D eigenvalue weighted by molar-refractivity contribution is 0.0694. The highest BCUT2D eigenvalue weighted by Crippen LogP contribution is 2.29. The molecule has 0 spiro atoms. The van der Waals surface area contributed by atoms with E-state index in [9.17, 15) is 13.6 Å². The Labute approximate surface area is 111 Å². The van der Waals surface area contributed by atoms with Gasteiger partial charge in [-0.15, -0.1) is 0 Å². The van der Waals surface area contributed by atoms with Crippen LogP contribution in [0.2, 0.25) is 0 Å². The van der Waals surface area contributed by atoms with Crippen molar-refractivity contribution in [2.75, 3.05) is 6.61 Å². The highest BCUT2D eigenvalue weighted by molar-refractivity contribution is 14.1. The van der Waals surface area contributed by atoms with Gasteiger partial charge in [0, 0.05) is 0 Å². The average Bonchev–Trinajstić information content (AvgIpc) is 2.28. The van der Waals surface area contributed by atoms with E-state index >= 15 is 0 Å². The smallest absolute Gasteiger partial charge is 0.336 e. The van der Waals surface area contributed by atoms with Crippen LogP contribution < -0.4 is 4.74 Å². The Morgan fingerprint density at radius 2 is 2.18 bits per heavy atom. The third kappa shape index (κ3) is 3.27. The predicted octanol–water partition coefficient (Wildman–Crippen LogP) is 3.45. The molecule has 1 aromatic carbocycles. The number of unbranched alkanes of at least 4 members (excludes halogenated alkanes) is 1. The van der Waals surface area contributed by atoms with Gasteiger partial charge >= 0.3 is 5.97 Å². The molecule has 1 aromatic rings. The van der Waals surface area contributed by atoms with Gasteiger partial charge in [-0.2, -0.15) is 0 Å². The van der Waals surface area contributed by atoms with Crippen molar-refractivity contribution in [3.05, 3.63) is 26.8 Å². The summed E-state index contributed by atoms with van der Waals surface area (Å²) in [4.78, 5) is 10.7. The topological polar surface area (TPSA) is 46.5 Å². The first-order valence-electron chi connectivity index (χ1n) is 5.02. The molecule has 0 fully saturated rings. The quantitative estimate of drug-likeness (QED) is 0.500. The van der Waals surface area contributed by atoms with Gasteiger partial charge in [-0.3, -0.25) is 0 Å². The number of hydrogen-bond donors (Lipinski definition) is 1. The monoisotopic (exact) mass is 356 g/mol. The van der Waals surface area contributed by atoms with Gasteiger partial charge in [0.2, 0.25) is 0 Å². The fourth-order valence-electron chi connectivity index (χ4n) is 1.18. The van der Waals surface area contributed by atoms with Crippen LogP contribution in [0.25, 0.3) is 0 Å². The molecule has 0 aromatic heterocycles. The second-order valence-electron chi connectivity index (χ2n) is 3.37. The Hall–Kier alpha value is -0.920. The molecule has 94 valence electrons. The van der Waals surface area contributed by atoms with E-state index in [-0.39, 0.29) is 10.2 Å². The molecule has 0 aliphatic heterocycles. The third-order valence-electron chi connectivity index (χ3n) is 2.09. The fourth-order valence-corrected chi connectivity index (χ4v) is 1.82. The van der Waals surface area contributed by atoms with Gasteiger partial charge in [0.25, 0.3) is 0 Å². The van der Waals surface area contributed by atoms with Crippen molar-refractivity contribution in [1.29, 1.82) is 0 Å². The summed E-state index contributed by atoms with van der Waals surface area (Å²) in [6.07, 6.45) is 1.52. The molecular weight excluding hydrogens is 345 g/mol. The number of carbonyl (C=O) groups is 1. The number of aromatic carboxylic acids is 1. The summed E-state index contributed by atoms with van der Waals surface area (Å²) in [6.45, 7) is 2.13. The lowest BCUT2D eigenvalue weighted by Gasteiger charge is -2.10. The number of rotatable bonds is 5. The van der Waals surface area contributed by atoms with Crippen molar-refractivity contribution >= 4 is 28.6 Å². The number of benzene rings is 1. The molecule has 0 atom stereocenters. The summed E-state index contributed by atoms with van der Waals surface area (Å²) < 4.78 is 31.9. The van der Waals surface area contributed by atoms with Gasteiger partial charge < -0.3 is 9.84 Å². The van der Waals surface area contributed by atoms with Crippen LogP contribution >= 0.6 is 22.6 Å². The zero-order valence-electron chi connectivity index (χ0n) is 9.10. The summed E-state index contributed by atoms with van der Waals surface area (Å²) >= 11 is 1.52. The summed E-state index contributed by atoms with van der Waals surface area (Å²) in [6, 6.07) is 0.772. The van der Waals surface area contributed by atoms with Crippen LogP contribution in [0.3, 0.4) is 0 Å². The molecule has 0 bridgehead atoms. The van der Waals surface area contributed by atoms with Gasteiger partial charge in [-0.25, -0.2) is 13.6 Å². The molecule has 6 heteroatoms. The van der Waals surface area contributed by atoms with Crippen molar-refractivity contribution in [2.24, 2.45) is 0 Å². The minimum Gasteiger partial charge on any atom is -0.488 e. The van der Waals surface area contributed by atoms with Gasteiger partial charge in [-0.05, 0) is 35.1 Å². The van der Waals surface area contributed by atoms with Gasteiger partial charge in [0.05, 0.1) is 15.7 Å². The minimum absolute atomic E-state index is 0.150. The largest absolute Gasteiger partial charge is 0.488 e. The standard InChI is InChI=1S/C11H11F2IO3/c1-2-3-4-17-10-7(12)5-6(11(15)16)9(14)8(10)13/h5H,2-4H2,1H3,(H,15,16). The molecule has 0 saturated carbocycles. The zero-order chi connectivity index (χ0) is 13.0. The highest BCUT2D eigenvalue weighted by atomic mass is 127. The van der Waals surface area contributed by atoms with Crippen molar-refractivity contribution in [1.82, 2.24) is 0 Å². The second kappa shape index (κ2) is 6.13. The zero-order valence-corrected chi connectivity index (χ0v) is 11.3. The molecule has 3 nitrogen and oxygen atoms in total. The number of carboxylic acids is 1. The maximum atomic E-state index is 13.7. The Morgan fingerprint density at radius 3 is 2.71 bits per heavy atom. The Balaban J connectivity index is 3.08. The van der Waals surface area contributed by atoms with E-state index in [4.69, 9.17) is 9.84 Å². The van der Waals surface area contributed by atoms with Crippen LogP contribution in [0.15, 0.2) is 6.07 Å². The van der Waals surface area contributed by atoms with Crippen molar-refractivity contribution in [3.8, 4) is 5.75 Å². The number of halogens is 3. The fraction of sp³-hybridized carbons (Fsp3) is 0.364. The highest BCUT2D eigenvalue weighted by Gasteiger charge is 2.21. The molecule has 0 amide bonds. The number of carboxylic acid groups (broad SMARTS) is 1. The first kappa shape index (κ1) is 14.1. The van der Waals surface area contributed by atoms with Crippen molar-refractivity contribution in [3.63, 3.8) is 0 Å². The number of hydrogen-bond acceptors (Lipinski definition) is 2. The maximum absolute atomic E-state index is 13.7. The first-order valence-corrected chi connectivity index (χ1v) is 6.10. The summed E-state index contributed by atoms with van der Waals surface area (Å²) in [7, 11) is 0. The van der Waals surface area contributed by atoms with Crippen LogP contribution in [-0.4, -0.2) is 17.7 Å². The summed E-state index contributed by atoms with van der Waals surface area (Å²) in [5.74, 6) is -3.82.